The first-order chi connectivity index (χ1) is 14.2. The Kier molecular flexibility index (Phi) is 6.79. The number of fused-ring (bicyclic) bond motifs is 1. The second kappa shape index (κ2) is 9.68. The summed E-state index contributed by atoms with van der Waals surface area (Å²) in [4.78, 5) is 12.5. The van der Waals surface area contributed by atoms with Gasteiger partial charge < -0.3 is 24.3 Å². The minimum absolute atomic E-state index is 0.209. The second-order valence-corrected chi connectivity index (χ2v) is 6.35. The fraction of sp³-hybridized carbons (Fsp3) is 0.450. The quantitative estimate of drug-likeness (QED) is 0.718. The van der Waals surface area contributed by atoms with Crippen molar-refractivity contribution in [3.8, 4) is 29.1 Å². The van der Waals surface area contributed by atoms with Gasteiger partial charge in [-0.3, -0.25) is 0 Å². The molecule has 0 spiro atoms. The van der Waals surface area contributed by atoms with E-state index in [2.05, 4.69) is 32.6 Å². The molecule has 2 N–H and O–H groups in total. The van der Waals surface area contributed by atoms with Crippen molar-refractivity contribution in [1.82, 2.24) is 20.7 Å². The summed E-state index contributed by atoms with van der Waals surface area (Å²) in [6, 6.07) is 1.86. The average Bonchev–Trinajstić information content (AvgIpc) is 3.28. The first kappa shape index (κ1) is 20.3. The van der Waals surface area contributed by atoms with Gasteiger partial charge in [0.2, 0.25) is 5.75 Å². The largest absolute Gasteiger partial charge is 0.493 e. The van der Waals surface area contributed by atoms with Gasteiger partial charge in [-0.1, -0.05) is 5.92 Å². The predicted octanol–water partition coefficient (Wildman–Crippen LogP) is 2.53. The number of rotatable bonds is 6. The summed E-state index contributed by atoms with van der Waals surface area (Å²) in [7, 11) is 4.66. The standard InChI is InChI=1S/C20H24N4O5/c1-26-16-10-13-8-6-4-5-7-9-15(17(13)19(28-3)18(16)27-2)29-20(25)21-11-14-12-22-24-23-14/h10,12,15H,5,7-9,11H2,1-3H3,(H,21,25)(H,22,23,24). The molecular weight excluding hydrogens is 376 g/mol. The molecular formula is C20H24N4O5. The maximum absolute atomic E-state index is 12.5. The Hall–Kier alpha value is -3.41. The van der Waals surface area contributed by atoms with Crippen molar-refractivity contribution in [2.75, 3.05) is 21.3 Å². The average molecular weight is 400 g/mol. The van der Waals surface area contributed by atoms with Gasteiger partial charge in [-0.2, -0.15) is 15.4 Å². The monoisotopic (exact) mass is 400 g/mol. The molecule has 1 aromatic carbocycles. The highest BCUT2D eigenvalue weighted by Gasteiger charge is 2.29. The van der Waals surface area contributed by atoms with E-state index < -0.39 is 12.2 Å². The number of nitrogens with one attached hydrogen (secondary N) is 2. The van der Waals surface area contributed by atoms with Crippen LogP contribution < -0.4 is 19.5 Å². The Morgan fingerprint density at radius 1 is 1.24 bits per heavy atom. The maximum Gasteiger partial charge on any atom is 0.408 e. The van der Waals surface area contributed by atoms with Crippen molar-refractivity contribution >= 4 is 6.09 Å². The lowest BCUT2D eigenvalue weighted by Gasteiger charge is -2.25. The summed E-state index contributed by atoms with van der Waals surface area (Å²) >= 11 is 0. The van der Waals surface area contributed by atoms with Crippen LogP contribution in [0.25, 0.3) is 0 Å². The highest BCUT2D eigenvalue weighted by Crippen LogP contribution is 2.46. The molecule has 29 heavy (non-hydrogen) atoms. The molecule has 0 radical (unpaired) electrons. The van der Waals surface area contributed by atoms with Crippen LogP contribution in [0.4, 0.5) is 4.79 Å². The number of carbonyl (C=O) groups excluding carboxylic acids is 1. The van der Waals surface area contributed by atoms with Crippen LogP contribution in [-0.4, -0.2) is 42.8 Å². The summed E-state index contributed by atoms with van der Waals surface area (Å²) in [5, 5.41) is 12.8. The minimum atomic E-state index is -0.555. The van der Waals surface area contributed by atoms with Gasteiger partial charge in [0.1, 0.15) is 11.8 Å². The van der Waals surface area contributed by atoms with Gasteiger partial charge in [-0.25, -0.2) is 4.79 Å². The molecule has 1 aromatic heterocycles. The minimum Gasteiger partial charge on any atom is -0.493 e. The predicted molar refractivity (Wildman–Crippen MR) is 104 cm³/mol. The Bertz CT molecular complexity index is 902. The van der Waals surface area contributed by atoms with E-state index in [1.807, 2.05) is 6.07 Å². The molecule has 0 saturated heterocycles. The fourth-order valence-electron chi connectivity index (χ4n) is 3.26. The Labute approximate surface area is 169 Å². The van der Waals surface area contributed by atoms with Crippen molar-refractivity contribution in [1.29, 1.82) is 0 Å². The normalized spacial score (nSPS) is 15.5. The number of ether oxygens (including phenoxy) is 4. The van der Waals surface area contributed by atoms with Crippen LogP contribution in [0.3, 0.4) is 0 Å². The molecule has 154 valence electrons. The summed E-state index contributed by atoms with van der Waals surface area (Å²) in [6.45, 7) is 0.209. The lowest BCUT2D eigenvalue weighted by molar-refractivity contribution is 0.0887. The number of H-pyrrole nitrogens is 1. The Morgan fingerprint density at radius 2 is 2.07 bits per heavy atom. The number of hydrogen-bond donors (Lipinski definition) is 2. The zero-order valence-corrected chi connectivity index (χ0v) is 16.7. The number of aromatic amines is 1. The van der Waals surface area contributed by atoms with Gasteiger partial charge in [-0.15, -0.1) is 5.92 Å². The van der Waals surface area contributed by atoms with Crippen LogP contribution in [0.5, 0.6) is 17.2 Å². The molecule has 0 fully saturated rings. The zero-order chi connectivity index (χ0) is 20.6. The van der Waals surface area contributed by atoms with Crippen LogP contribution in [0.1, 0.15) is 42.2 Å². The molecule has 2 aromatic rings. The lowest BCUT2D eigenvalue weighted by atomic mass is 9.95. The molecule has 0 bridgehead atoms. The molecule has 0 saturated carbocycles. The molecule has 9 nitrogen and oxygen atoms in total. The number of alkyl carbamates (subject to hydrolysis) is 1. The Balaban J connectivity index is 1.92. The molecule has 1 aliphatic rings. The van der Waals surface area contributed by atoms with Crippen molar-refractivity contribution in [3.05, 3.63) is 29.1 Å². The van der Waals surface area contributed by atoms with E-state index in [9.17, 15) is 4.79 Å². The number of benzene rings is 1. The van der Waals surface area contributed by atoms with Crippen molar-refractivity contribution < 1.29 is 23.7 Å². The van der Waals surface area contributed by atoms with Gasteiger partial charge in [-0.05, 0) is 24.5 Å². The molecule has 0 aliphatic heterocycles. The van der Waals surface area contributed by atoms with E-state index in [0.29, 0.717) is 35.8 Å². The first-order valence-electron chi connectivity index (χ1n) is 9.24. The Morgan fingerprint density at radius 3 is 2.76 bits per heavy atom. The highest BCUT2D eigenvalue weighted by molar-refractivity contribution is 5.68. The van der Waals surface area contributed by atoms with E-state index in [1.54, 1.807) is 21.3 Å². The van der Waals surface area contributed by atoms with E-state index in [1.165, 1.54) is 6.20 Å². The number of amides is 1. The van der Waals surface area contributed by atoms with Crippen molar-refractivity contribution in [2.45, 2.75) is 38.3 Å². The molecule has 3 rings (SSSR count). The van der Waals surface area contributed by atoms with Crippen LogP contribution in [0, 0.1) is 11.8 Å². The molecule has 1 aliphatic carbocycles. The van der Waals surface area contributed by atoms with E-state index >= 15 is 0 Å². The van der Waals surface area contributed by atoms with Crippen molar-refractivity contribution in [3.63, 3.8) is 0 Å². The van der Waals surface area contributed by atoms with Gasteiger partial charge in [0.25, 0.3) is 0 Å². The zero-order valence-electron chi connectivity index (χ0n) is 16.7. The van der Waals surface area contributed by atoms with E-state index in [-0.39, 0.29) is 6.54 Å². The van der Waals surface area contributed by atoms with Crippen LogP contribution in [0.2, 0.25) is 0 Å². The van der Waals surface area contributed by atoms with Gasteiger partial charge in [0, 0.05) is 18.4 Å². The number of nitrogens with zero attached hydrogens (tertiary/aromatic N) is 2. The second-order valence-electron chi connectivity index (χ2n) is 6.35. The third kappa shape index (κ3) is 4.71. The molecule has 1 unspecified atom stereocenters. The van der Waals surface area contributed by atoms with Crippen molar-refractivity contribution in [2.24, 2.45) is 0 Å². The van der Waals surface area contributed by atoms with Crippen LogP contribution >= 0.6 is 0 Å². The molecule has 1 amide bonds. The summed E-state index contributed by atoms with van der Waals surface area (Å²) in [6.07, 6.45) is 3.06. The smallest absolute Gasteiger partial charge is 0.408 e. The number of hydrogen-bond acceptors (Lipinski definition) is 7. The molecule has 1 atom stereocenters. The highest BCUT2D eigenvalue weighted by atomic mass is 16.6. The lowest BCUT2D eigenvalue weighted by Crippen LogP contribution is -2.26. The topological polar surface area (TPSA) is 108 Å². The number of methoxy groups -OCH3 is 3. The third-order valence-electron chi connectivity index (χ3n) is 4.58. The maximum atomic E-state index is 12.5. The van der Waals surface area contributed by atoms with Gasteiger partial charge >= 0.3 is 6.09 Å². The van der Waals surface area contributed by atoms with E-state index in [0.717, 1.165) is 24.0 Å². The van der Waals surface area contributed by atoms with Crippen LogP contribution in [-0.2, 0) is 17.7 Å². The molecule has 1 heterocycles. The summed E-state index contributed by atoms with van der Waals surface area (Å²) in [5.74, 6) is 7.80. The summed E-state index contributed by atoms with van der Waals surface area (Å²) in [5.41, 5.74) is 2.23. The number of aromatic nitrogens is 3. The third-order valence-corrected chi connectivity index (χ3v) is 4.58. The first-order valence-corrected chi connectivity index (χ1v) is 9.24. The molecule has 9 heteroatoms. The number of carbonyl (C=O) groups is 1. The van der Waals surface area contributed by atoms with Crippen LogP contribution in [0.15, 0.2) is 12.3 Å². The fourth-order valence-corrected chi connectivity index (χ4v) is 3.26. The SMILES string of the molecule is COc1cc2c(c(OC)c1OC)C(OC(=O)NCc1cn[nH]n1)CCCC#CC2. The van der Waals surface area contributed by atoms with E-state index in [4.69, 9.17) is 18.9 Å². The van der Waals surface area contributed by atoms with Gasteiger partial charge in [0.05, 0.1) is 34.1 Å². The summed E-state index contributed by atoms with van der Waals surface area (Å²) < 4.78 is 22.4. The van der Waals surface area contributed by atoms with Gasteiger partial charge in [0.15, 0.2) is 11.5 Å².